The summed E-state index contributed by atoms with van der Waals surface area (Å²) in [6, 6.07) is 0. The third kappa shape index (κ3) is 6.84. The number of nitrogens with zero attached hydrogens (tertiary/aromatic N) is 1. The number of hydrogen-bond acceptors (Lipinski definition) is 4. The summed E-state index contributed by atoms with van der Waals surface area (Å²) >= 11 is 0. The minimum atomic E-state index is -0.413. The second-order valence-corrected chi connectivity index (χ2v) is 4.81. The Bertz CT molecular complexity index is 163. The third-order valence-electron chi connectivity index (χ3n) is 2.48. The Hall–Kier alpha value is -0.160. The van der Waals surface area contributed by atoms with Crippen LogP contribution in [-0.4, -0.2) is 56.0 Å². The highest BCUT2D eigenvalue weighted by Gasteiger charge is 2.20. The molecule has 0 radical (unpaired) electrons. The molecule has 0 aromatic carbocycles. The standard InChI is InChI=1S/C11H26N2O2/c1-5-13(6-10(14)7-15-4)9-11(2,3)8-12/h10,14H,5-9,12H2,1-4H3. The summed E-state index contributed by atoms with van der Waals surface area (Å²) < 4.78 is 4.90. The number of nitrogens with two attached hydrogens (primary N) is 1. The molecule has 0 saturated heterocycles. The largest absolute Gasteiger partial charge is 0.389 e. The SMILES string of the molecule is CCN(CC(O)COC)CC(C)(C)CN. The molecule has 1 atom stereocenters. The zero-order chi connectivity index (χ0) is 11.9. The minimum absolute atomic E-state index is 0.100. The summed E-state index contributed by atoms with van der Waals surface area (Å²) in [5, 5.41) is 9.62. The van der Waals surface area contributed by atoms with Crippen molar-refractivity contribution in [3.63, 3.8) is 0 Å². The highest BCUT2D eigenvalue weighted by molar-refractivity contribution is 4.75. The maximum Gasteiger partial charge on any atom is 0.0900 e. The van der Waals surface area contributed by atoms with E-state index >= 15 is 0 Å². The molecular weight excluding hydrogens is 192 g/mol. The Kier molecular flexibility index (Phi) is 7.09. The van der Waals surface area contributed by atoms with E-state index in [9.17, 15) is 5.11 Å². The van der Waals surface area contributed by atoms with Crippen molar-refractivity contribution in [2.24, 2.45) is 11.1 Å². The lowest BCUT2D eigenvalue weighted by molar-refractivity contribution is 0.0309. The first-order valence-corrected chi connectivity index (χ1v) is 5.54. The molecule has 4 heteroatoms. The van der Waals surface area contributed by atoms with Gasteiger partial charge in [0.1, 0.15) is 0 Å². The quantitative estimate of drug-likeness (QED) is 0.615. The van der Waals surface area contributed by atoms with Crippen molar-refractivity contribution in [2.45, 2.75) is 26.9 Å². The van der Waals surface area contributed by atoms with Gasteiger partial charge < -0.3 is 20.5 Å². The van der Waals surface area contributed by atoms with Crippen molar-refractivity contribution in [1.82, 2.24) is 4.90 Å². The Morgan fingerprint density at radius 2 is 2.07 bits per heavy atom. The first-order valence-electron chi connectivity index (χ1n) is 5.54. The molecule has 0 aliphatic heterocycles. The maximum atomic E-state index is 9.62. The second-order valence-electron chi connectivity index (χ2n) is 4.81. The van der Waals surface area contributed by atoms with E-state index in [1.165, 1.54) is 0 Å². The lowest BCUT2D eigenvalue weighted by atomic mass is 9.93. The molecule has 0 heterocycles. The number of aliphatic hydroxyl groups is 1. The first-order chi connectivity index (χ1) is 6.95. The van der Waals surface area contributed by atoms with Crippen LogP contribution in [0.4, 0.5) is 0 Å². The van der Waals surface area contributed by atoms with Crippen LogP contribution in [-0.2, 0) is 4.74 Å². The van der Waals surface area contributed by atoms with Gasteiger partial charge in [-0.1, -0.05) is 20.8 Å². The van der Waals surface area contributed by atoms with E-state index in [1.807, 2.05) is 0 Å². The van der Waals surface area contributed by atoms with Crippen molar-refractivity contribution in [2.75, 3.05) is 39.9 Å². The second kappa shape index (κ2) is 7.17. The van der Waals surface area contributed by atoms with E-state index in [0.29, 0.717) is 19.7 Å². The van der Waals surface area contributed by atoms with Crippen LogP contribution < -0.4 is 5.73 Å². The monoisotopic (exact) mass is 218 g/mol. The molecule has 0 spiro atoms. The molecule has 15 heavy (non-hydrogen) atoms. The lowest BCUT2D eigenvalue weighted by Crippen LogP contribution is -2.42. The van der Waals surface area contributed by atoms with Gasteiger partial charge in [0.05, 0.1) is 12.7 Å². The molecule has 0 aromatic rings. The summed E-state index contributed by atoms with van der Waals surface area (Å²) in [7, 11) is 1.60. The van der Waals surface area contributed by atoms with E-state index in [2.05, 4.69) is 25.7 Å². The predicted molar refractivity (Wildman–Crippen MR) is 62.8 cm³/mol. The fourth-order valence-corrected chi connectivity index (χ4v) is 1.52. The van der Waals surface area contributed by atoms with Gasteiger partial charge in [-0.15, -0.1) is 0 Å². The molecule has 0 bridgehead atoms. The van der Waals surface area contributed by atoms with E-state index in [4.69, 9.17) is 10.5 Å². The van der Waals surface area contributed by atoms with Crippen molar-refractivity contribution < 1.29 is 9.84 Å². The molecule has 0 aliphatic carbocycles. The lowest BCUT2D eigenvalue weighted by Gasteiger charge is -2.32. The molecule has 1 unspecified atom stereocenters. The topological polar surface area (TPSA) is 58.7 Å². The van der Waals surface area contributed by atoms with Crippen molar-refractivity contribution >= 4 is 0 Å². The van der Waals surface area contributed by atoms with Crippen molar-refractivity contribution in [1.29, 1.82) is 0 Å². The zero-order valence-corrected chi connectivity index (χ0v) is 10.5. The normalized spacial score (nSPS) is 14.6. The number of methoxy groups -OCH3 is 1. The maximum absolute atomic E-state index is 9.62. The van der Waals surface area contributed by atoms with Gasteiger partial charge in [-0.25, -0.2) is 0 Å². The van der Waals surface area contributed by atoms with E-state index < -0.39 is 6.10 Å². The van der Waals surface area contributed by atoms with Gasteiger partial charge in [0.2, 0.25) is 0 Å². The van der Waals surface area contributed by atoms with Crippen molar-refractivity contribution in [3.8, 4) is 0 Å². The summed E-state index contributed by atoms with van der Waals surface area (Å²) in [5.41, 5.74) is 5.78. The Morgan fingerprint density at radius 3 is 2.47 bits per heavy atom. The van der Waals surface area contributed by atoms with Gasteiger partial charge in [-0.2, -0.15) is 0 Å². The van der Waals surface area contributed by atoms with E-state index in [1.54, 1.807) is 7.11 Å². The van der Waals surface area contributed by atoms with Crippen LogP contribution in [0.5, 0.6) is 0 Å². The molecular formula is C11H26N2O2. The summed E-state index contributed by atoms with van der Waals surface area (Å²) in [4.78, 5) is 2.20. The van der Waals surface area contributed by atoms with E-state index in [-0.39, 0.29) is 5.41 Å². The summed E-state index contributed by atoms with van der Waals surface area (Å²) in [5.74, 6) is 0. The van der Waals surface area contributed by atoms with Crippen molar-refractivity contribution in [3.05, 3.63) is 0 Å². The third-order valence-corrected chi connectivity index (χ3v) is 2.48. The number of likely N-dealkylation sites (N-methyl/N-ethyl adjacent to an activating group) is 1. The highest BCUT2D eigenvalue weighted by Crippen LogP contribution is 2.14. The number of ether oxygens (including phenoxy) is 1. The molecule has 4 nitrogen and oxygen atoms in total. The smallest absolute Gasteiger partial charge is 0.0900 e. The fourth-order valence-electron chi connectivity index (χ4n) is 1.52. The van der Waals surface area contributed by atoms with Crippen LogP contribution in [0.25, 0.3) is 0 Å². The van der Waals surface area contributed by atoms with Gasteiger partial charge >= 0.3 is 0 Å². The fraction of sp³-hybridized carbons (Fsp3) is 1.00. The number of aliphatic hydroxyl groups excluding tert-OH is 1. The first kappa shape index (κ1) is 14.8. The minimum Gasteiger partial charge on any atom is -0.389 e. The number of rotatable bonds is 8. The van der Waals surface area contributed by atoms with E-state index in [0.717, 1.165) is 13.1 Å². The summed E-state index contributed by atoms with van der Waals surface area (Å²) in [6.07, 6.45) is -0.413. The highest BCUT2D eigenvalue weighted by atomic mass is 16.5. The van der Waals surface area contributed by atoms with Crippen LogP contribution in [0.2, 0.25) is 0 Å². The Labute approximate surface area is 93.4 Å². The average molecular weight is 218 g/mol. The Morgan fingerprint density at radius 1 is 1.47 bits per heavy atom. The van der Waals surface area contributed by atoms with Crippen LogP contribution in [0.15, 0.2) is 0 Å². The molecule has 0 rings (SSSR count). The van der Waals surface area contributed by atoms with Gasteiger partial charge in [0, 0.05) is 20.2 Å². The van der Waals surface area contributed by atoms with Gasteiger partial charge in [0.15, 0.2) is 0 Å². The van der Waals surface area contributed by atoms with Gasteiger partial charge in [0.25, 0.3) is 0 Å². The Balaban J connectivity index is 4.02. The average Bonchev–Trinajstić information content (AvgIpc) is 2.17. The molecule has 0 aliphatic rings. The zero-order valence-electron chi connectivity index (χ0n) is 10.5. The summed E-state index contributed by atoms with van der Waals surface area (Å²) in [6.45, 7) is 9.88. The van der Waals surface area contributed by atoms with Crippen LogP contribution in [0.3, 0.4) is 0 Å². The molecule has 92 valence electrons. The molecule has 0 fully saturated rings. The van der Waals surface area contributed by atoms with Gasteiger partial charge in [-0.05, 0) is 18.5 Å². The molecule has 3 N–H and O–H groups in total. The molecule has 0 saturated carbocycles. The van der Waals surface area contributed by atoms with Gasteiger partial charge in [-0.3, -0.25) is 0 Å². The van der Waals surface area contributed by atoms with Crippen LogP contribution >= 0.6 is 0 Å². The number of hydrogen-bond donors (Lipinski definition) is 2. The van der Waals surface area contributed by atoms with Crippen LogP contribution in [0.1, 0.15) is 20.8 Å². The molecule has 0 amide bonds. The van der Waals surface area contributed by atoms with Crippen LogP contribution in [0, 0.1) is 5.41 Å². The molecule has 0 aromatic heterocycles. The predicted octanol–water partition coefficient (Wildman–Crippen LogP) is 0.301.